The summed E-state index contributed by atoms with van der Waals surface area (Å²) in [6.07, 6.45) is 12.9. The van der Waals surface area contributed by atoms with Crippen LogP contribution in [-0.2, 0) is 12.8 Å². The van der Waals surface area contributed by atoms with Crippen LogP contribution >= 0.6 is 45.3 Å². The summed E-state index contributed by atoms with van der Waals surface area (Å²) in [5.74, 6) is 0. The Balaban J connectivity index is 1.40. The van der Waals surface area contributed by atoms with Gasteiger partial charge in [-0.3, -0.25) is 0 Å². The van der Waals surface area contributed by atoms with Crippen LogP contribution in [0.5, 0.6) is 0 Å². The van der Waals surface area contributed by atoms with Gasteiger partial charge in [0.15, 0.2) is 9.66 Å². The van der Waals surface area contributed by atoms with E-state index < -0.39 is 0 Å². The molecule has 0 radical (unpaired) electrons. The van der Waals surface area contributed by atoms with Crippen LogP contribution in [0.3, 0.4) is 0 Å². The molecule has 0 unspecified atom stereocenters. The zero-order valence-electron chi connectivity index (χ0n) is 17.9. The molecular weight excluding hydrogens is 445 g/mol. The highest BCUT2D eigenvalue weighted by Gasteiger charge is 2.15. The van der Waals surface area contributed by atoms with E-state index >= 15 is 0 Å². The van der Waals surface area contributed by atoms with E-state index in [-0.39, 0.29) is 0 Å². The van der Waals surface area contributed by atoms with Crippen LogP contribution in [0.15, 0.2) is 22.9 Å². The summed E-state index contributed by atoms with van der Waals surface area (Å²) in [7, 11) is 0. The molecule has 0 spiro atoms. The first-order chi connectivity index (χ1) is 14.8. The van der Waals surface area contributed by atoms with Gasteiger partial charge in [0.05, 0.1) is 9.75 Å². The molecule has 6 heteroatoms. The first-order valence-corrected chi connectivity index (χ1v) is 14.6. The minimum atomic E-state index is 1.08. The Bertz CT molecular complexity index is 941. The Labute approximate surface area is 196 Å². The van der Waals surface area contributed by atoms with Crippen molar-refractivity contribution in [2.45, 2.75) is 78.1 Å². The van der Waals surface area contributed by atoms with Crippen molar-refractivity contribution in [2.24, 2.45) is 0 Å². The lowest BCUT2D eigenvalue weighted by atomic mass is 10.1. The summed E-state index contributed by atoms with van der Waals surface area (Å²) in [6, 6.07) is 4.67. The first-order valence-electron chi connectivity index (χ1n) is 11.2. The van der Waals surface area contributed by atoms with Gasteiger partial charge in [-0.15, -0.1) is 22.7 Å². The van der Waals surface area contributed by atoms with E-state index in [1.54, 1.807) is 22.7 Å². The van der Waals surface area contributed by atoms with Crippen molar-refractivity contribution in [3.63, 3.8) is 0 Å². The van der Waals surface area contributed by atoms with Gasteiger partial charge in [0.1, 0.15) is 10.0 Å². The molecule has 2 nitrogen and oxygen atoms in total. The fraction of sp³-hybridized carbons (Fsp3) is 0.500. The van der Waals surface area contributed by atoms with E-state index in [2.05, 4.69) is 36.7 Å². The normalized spacial score (nSPS) is 11.7. The third-order valence-electron chi connectivity index (χ3n) is 5.34. The number of unbranched alkanes of at least 4 members (excludes halogenated alkanes) is 6. The maximum atomic E-state index is 4.92. The number of fused-ring (bicyclic) bond motifs is 1. The molecule has 4 aromatic heterocycles. The molecule has 0 N–H and O–H groups in total. The van der Waals surface area contributed by atoms with Crippen molar-refractivity contribution in [1.29, 1.82) is 0 Å². The molecule has 0 aliphatic carbocycles. The van der Waals surface area contributed by atoms with E-state index in [0.717, 1.165) is 19.7 Å². The molecule has 0 fully saturated rings. The van der Waals surface area contributed by atoms with Crippen LogP contribution in [0.4, 0.5) is 0 Å². The molecule has 0 aromatic carbocycles. The van der Waals surface area contributed by atoms with E-state index in [4.69, 9.17) is 9.97 Å². The van der Waals surface area contributed by atoms with Crippen LogP contribution in [0, 0.1) is 0 Å². The van der Waals surface area contributed by atoms with Crippen LogP contribution in [0.25, 0.3) is 29.4 Å². The van der Waals surface area contributed by atoms with Crippen LogP contribution in [-0.4, -0.2) is 9.97 Å². The number of nitrogens with zero attached hydrogens (tertiary/aromatic N) is 2. The van der Waals surface area contributed by atoms with Crippen LogP contribution < -0.4 is 0 Å². The average Bonchev–Trinajstić information content (AvgIpc) is 3.51. The van der Waals surface area contributed by atoms with Gasteiger partial charge in [-0.2, -0.15) is 0 Å². The first kappa shape index (κ1) is 22.1. The second-order valence-electron chi connectivity index (χ2n) is 7.91. The average molecular weight is 475 g/mol. The fourth-order valence-corrected chi connectivity index (χ4v) is 7.67. The predicted molar refractivity (Wildman–Crippen MR) is 138 cm³/mol. The smallest absolute Gasteiger partial charge is 0.155 e. The number of thiophene rings is 2. The highest BCUT2D eigenvalue weighted by Crippen LogP contribution is 2.40. The third-order valence-corrected chi connectivity index (χ3v) is 9.67. The van der Waals surface area contributed by atoms with Gasteiger partial charge in [0, 0.05) is 0 Å². The number of hydrogen-bond donors (Lipinski definition) is 0. The van der Waals surface area contributed by atoms with Crippen molar-refractivity contribution >= 4 is 55.0 Å². The van der Waals surface area contributed by atoms with Gasteiger partial charge < -0.3 is 0 Å². The lowest BCUT2D eigenvalue weighted by Crippen LogP contribution is -1.82. The predicted octanol–water partition coefficient (Wildman–Crippen LogP) is 9.46. The quantitative estimate of drug-likeness (QED) is 0.191. The molecule has 4 aromatic rings. The van der Waals surface area contributed by atoms with Gasteiger partial charge in [0.25, 0.3) is 0 Å². The third kappa shape index (κ3) is 5.58. The lowest BCUT2D eigenvalue weighted by molar-refractivity contribution is 0.667. The van der Waals surface area contributed by atoms with E-state index in [9.17, 15) is 0 Å². The van der Waals surface area contributed by atoms with Crippen molar-refractivity contribution in [1.82, 2.24) is 9.97 Å². The number of thiazole rings is 2. The molecule has 4 heterocycles. The van der Waals surface area contributed by atoms with E-state index in [1.807, 2.05) is 22.7 Å². The molecule has 4 rings (SSSR count). The van der Waals surface area contributed by atoms with Crippen molar-refractivity contribution < 1.29 is 0 Å². The Kier molecular flexibility index (Phi) is 8.10. The maximum absolute atomic E-state index is 4.92. The van der Waals surface area contributed by atoms with E-state index in [0.29, 0.717) is 0 Å². The molecule has 0 bridgehead atoms. The summed E-state index contributed by atoms with van der Waals surface area (Å²) >= 11 is 7.13. The largest absolute Gasteiger partial charge is 0.222 e. The molecule has 0 saturated heterocycles. The Morgan fingerprint density at radius 3 is 1.53 bits per heavy atom. The Morgan fingerprint density at radius 1 is 0.633 bits per heavy atom. The maximum Gasteiger partial charge on any atom is 0.155 e. The van der Waals surface area contributed by atoms with Crippen molar-refractivity contribution in [3.05, 3.63) is 34.0 Å². The molecule has 160 valence electrons. The standard InChI is InChI=1S/C24H30N2S4/c1-3-5-7-9-11-17-13-19(27-15-17)21-25-23-24(29-21)26-22(30-23)20-14-18(16-28-20)12-10-8-6-4-2/h13-16H,3-12H2,1-2H3. The zero-order chi connectivity index (χ0) is 20.8. The zero-order valence-corrected chi connectivity index (χ0v) is 21.2. The number of aryl methyl sites for hydroxylation is 2. The molecule has 0 amide bonds. The number of rotatable bonds is 12. The van der Waals surface area contributed by atoms with Gasteiger partial charge >= 0.3 is 0 Å². The molecular formula is C24H30N2S4. The van der Waals surface area contributed by atoms with E-state index in [1.165, 1.54) is 85.1 Å². The second-order valence-corrected chi connectivity index (χ2v) is 11.7. The summed E-state index contributed by atoms with van der Waals surface area (Å²) < 4.78 is 0. The van der Waals surface area contributed by atoms with Gasteiger partial charge in [-0.25, -0.2) is 9.97 Å². The monoisotopic (exact) mass is 474 g/mol. The SMILES string of the molecule is CCCCCCc1csc(-c2nc3sc(-c4cc(CCCCCC)cs4)nc3s2)c1. The van der Waals surface area contributed by atoms with Gasteiger partial charge in [-0.05, 0) is 59.7 Å². The lowest BCUT2D eigenvalue weighted by Gasteiger charge is -1.96. The summed E-state index contributed by atoms with van der Waals surface area (Å²) in [6.45, 7) is 4.53. The summed E-state index contributed by atoms with van der Waals surface area (Å²) in [4.78, 5) is 14.6. The number of hydrogen-bond acceptors (Lipinski definition) is 6. The molecule has 30 heavy (non-hydrogen) atoms. The highest BCUT2D eigenvalue weighted by molar-refractivity contribution is 7.31. The van der Waals surface area contributed by atoms with Gasteiger partial charge in [-0.1, -0.05) is 75.0 Å². The Morgan fingerprint density at radius 2 is 1.10 bits per heavy atom. The fourth-order valence-electron chi connectivity index (χ4n) is 3.60. The minimum absolute atomic E-state index is 1.08. The Hall–Kier alpha value is -1.08. The molecule has 0 aliphatic rings. The summed E-state index contributed by atoms with van der Waals surface area (Å²) in [5, 5.41) is 6.87. The topological polar surface area (TPSA) is 25.8 Å². The molecule has 0 atom stereocenters. The second kappa shape index (κ2) is 11.0. The number of aromatic nitrogens is 2. The highest BCUT2D eigenvalue weighted by atomic mass is 32.1. The molecule has 0 saturated carbocycles. The van der Waals surface area contributed by atoms with Crippen LogP contribution in [0.2, 0.25) is 0 Å². The van der Waals surface area contributed by atoms with Crippen molar-refractivity contribution in [3.8, 4) is 19.8 Å². The van der Waals surface area contributed by atoms with Crippen molar-refractivity contribution in [2.75, 3.05) is 0 Å². The van der Waals surface area contributed by atoms with Crippen LogP contribution in [0.1, 0.15) is 76.3 Å². The molecule has 0 aliphatic heterocycles. The minimum Gasteiger partial charge on any atom is -0.222 e. The van der Waals surface area contributed by atoms with Gasteiger partial charge in [0.2, 0.25) is 0 Å². The summed E-state index contributed by atoms with van der Waals surface area (Å²) in [5.41, 5.74) is 2.92.